The normalized spacial score (nSPS) is 11.1. The van der Waals surface area contributed by atoms with E-state index in [4.69, 9.17) is 9.15 Å². The van der Waals surface area contributed by atoms with Crippen LogP contribution in [-0.4, -0.2) is 21.9 Å². The molecule has 5 nitrogen and oxygen atoms in total. The summed E-state index contributed by atoms with van der Waals surface area (Å²) < 4.78 is 12.7. The highest BCUT2D eigenvalue weighted by Gasteiger charge is 2.15. The van der Waals surface area contributed by atoms with Gasteiger partial charge >= 0.3 is 0 Å². The average molecular weight is 243 g/mol. The van der Waals surface area contributed by atoms with Crippen LogP contribution in [-0.2, 0) is 7.05 Å². The largest absolute Gasteiger partial charge is 0.495 e. The van der Waals surface area contributed by atoms with Crippen molar-refractivity contribution in [3.8, 4) is 17.1 Å². The number of pyridine rings is 1. The predicted octanol–water partition coefficient (Wildman–Crippen LogP) is 2.55. The van der Waals surface area contributed by atoms with E-state index in [-0.39, 0.29) is 0 Å². The molecular weight excluding hydrogens is 230 g/mol. The van der Waals surface area contributed by atoms with E-state index in [1.807, 2.05) is 26.2 Å². The number of nitrogens with zero attached hydrogens (tertiary/aromatic N) is 3. The smallest absolute Gasteiger partial charge is 0.157 e. The Balaban J connectivity index is 2.22. The van der Waals surface area contributed by atoms with Crippen molar-refractivity contribution in [2.45, 2.75) is 6.92 Å². The van der Waals surface area contributed by atoms with E-state index >= 15 is 0 Å². The third kappa shape index (κ3) is 1.55. The van der Waals surface area contributed by atoms with Crippen molar-refractivity contribution in [2.24, 2.45) is 7.05 Å². The number of aromatic nitrogens is 3. The van der Waals surface area contributed by atoms with Gasteiger partial charge in [0.05, 0.1) is 25.1 Å². The SMILES string of the molecule is COc1cnc2c(C)c(-c3cnn(C)c3)oc2c1. The fourth-order valence-corrected chi connectivity index (χ4v) is 2.01. The second kappa shape index (κ2) is 3.87. The van der Waals surface area contributed by atoms with Crippen LogP contribution < -0.4 is 4.74 Å². The summed E-state index contributed by atoms with van der Waals surface area (Å²) in [6, 6.07) is 1.84. The number of hydrogen-bond acceptors (Lipinski definition) is 4. The summed E-state index contributed by atoms with van der Waals surface area (Å²) in [5.41, 5.74) is 3.55. The van der Waals surface area contributed by atoms with E-state index in [1.165, 1.54) is 0 Å². The number of furan rings is 1. The Morgan fingerprint density at radius 1 is 1.33 bits per heavy atom. The first-order valence-corrected chi connectivity index (χ1v) is 5.61. The molecule has 0 aromatic carbocycles. The van der Waals surface area contributed by atoms with Gasteiger partial charge in [-0.1, -0.05) is 0 Å². The second-order valence-electron chi connectivity index (χ2n) is 4.18. The fraction of sp³-hybridized carbons (Fsp3) is 0.231. The first kappa shape index (κ1) is 10.8. The van der Waals surface area contributed by atoms with Gasteiger partial charge in [0.25, 0.3) is 0 Å². The number of methoxy groups -OCH3 is 1. The molecule has 3 heterocycles. The van der Waals surface area contributed by atoms with E-state index in [0.717, 1.165) is 28.0 Å². The van der Waals surface area contributed by atoms with Crippen LogP contribution in [0.25, 0.3) is 22.4 Å². The second-order valence-corrected chi connectivity index (χ2v) is 4.18. The Bertz CT molecular complexity index is 712. The van der Waals surface area contributed by atoms with Gasteiger partial charge in [0.1, 0.15) is 17.0 Å². The quantitative estimate of drug-likeness (QED) is 0.694. The molecular formula is C13H13N3O2. The third-order valence-corrected chi connectivity index (χ3v) is 2.94. The monoisotopic (exact) mass is 243 g/mol. The molecule has 0 spiro atoms. The first-order chi connectivity index (χ1) is 8.69. The third-order valence-electron chi connectivity index (χ3n) is 2.94. The molecule has 0 unspecified atom stereocenters. The van der Waals surface area contributed by atoms with E-state index in [1.54, 1.807) is 24.2 Å². The van der Waals surface area contributed by atoms with Crippen LogP contribution >= 0.6 is 0 Å². The van der Waals surface area contributed by atoms with Crippen molar-refractivity contribution >= 4 is 11.1 Å². The van der Waals surface area contributed by atoms with E-state index in [2.05, 4.69) is 10.1 Å². The van der Waals surface area contributed by atoms with Gasteiger partial charge in [-0.05, 0) is 6.92 Å². The highest BCUT2D eigenvalue weighted by Crippen LogP contribution is 2.32. The van der Waals surface area contributed by atoms with Crippen LogP contribution in [0.4, 0.5) is 0 Å². The van der Waals surface area contributed by atoms with Crippen molar-refractivity contribution in [3.63, 3.8) is 0 Å². The predicted molar refractivity (Wildman–Crippen MR) is 67.5 cm³/mol. The van der Waals surface area contributed by atoms with Crippen molar-refractivity contribution < 1.29 is 9.15 Å². The molecule has 0 amide bonds. The lowest BCUT2D eigenvalue weighted by atomic mass is 10.2. The summed E-state index contributed by atoms with van der Waals surface area (Å²) in [5, 5.41) is 4.15. The summed E-state index contributed by atoms with van der Waals surface area (Å²) in [4.78, 5) is 4.36. The van der Waals surface area contributed by atoms with Gasteiger partial charge in [0.15, 0.2) is 5.58 Å². The first-order valence-electron chi connectivity index (χ1n) is 5.61. The Morgan fingerprint density at radius 2 is 2.17 bits per heavy atom. The lowest BCUT2D eigenvalue weighted by molar-refractivity contribution is 0.413. The molecule has 18 heavy (non-hydrogen) atoms. The van der Waals surface area contributed by atoms with Crippen molar-refractivity contribution in [1.82, 2.24) is 14.8 Å². The zero-order valence-electron chi connectivity index (χ0n) is 10.5. The summed E-state index contributed by atoms with van der Waals surface area (Å²) in [6.07, 6.45) is 5.39. The molecule has 3 aromatic rings. The molecule has 0 atom stereocenters. The summed E-state index contributed by atoms with van der Waals surface area (Å²) >= 11 is 0. The minimum absolute atomic E-state index is 0.689. The number of fused-ring (bicyclic) bond motifs is 1. The van der Waals surface area contributed by atoms with Crippen molar-refractivity contribution in [3.05, 3.63) is 30.2 Å². The summed E-state index contributed by atoms with van der Waals surface area (Å²) in [6.45, 7) is 1.99. The topological polar surface area (TPSA) is 53.1 Å². The summed E-state index contributed by atoms with van der Waals surface area (Å²) in [7, 11) is 3.49. The van der Waals surface area contributed by atoms with E-state index < -0.39 is 0 Å². The Morgan fingerprint density at radius 3 is 2.83 bits per heavy atom. The molecule has 0 N–H and O–H groups in total. The van der Waals surface area contributed by atoms with Gasteiger partial charge in [-0.25, -0.2) is 4.98 Å². The minimum atomic E-state index is 0.689. The van der Waals surface area contributed by atoms with Crippen LogP contribution in [0.15, 0.2) is 29.1 Å². The maximum Gasteiger partial charge on any atom is 0.157 e. The molecule has 0 saturated heterocycles. The maximum absolute atomic E-state index is 5.84. The van der Waals surface area contributed by atoms with Gasteiger partial charge in [-0.2, -0.15) is 5.10 Å². The molecule has 0 bridgehead atoms. The standard InChI is InChI=1S/C13H13N3O2/c1-8-12-11(4-10(17-3)6-14-12)18-13(8)9-5-15-16(2)7-9/h4-7H,1-3H3. The Hall–Kier alpha value is -2.30. The Labute approximate surface area is 104 Å². The van der Waals surface area contributed by atoms with Gasteiger partial charge < -0.3 is 9.15 Å². The van der Waals surface area contributed by atoms with Gasteiger partial charge in [-0.15, -0.1) is 0 Å². The van der Waals surface area contributed by atoms with Crippen LogP contribution in [0.2, 0.25) is 0 Å². The van der Waals surface area contributed by atoms with Crippen LogP contribution in [0, 0.1) is 6.92 Å². The number of ether oxygens (including phenoxy) is 1. The molecule has 0 saturated carbocycles. The number of aryl methyl sites for hydroxylation is 2. The van der Waals surface area contributed by atoms with Gasteiger partial charge in [-0.3, -0.25) is 4.68 Å². The van der Waals surface area contributed by atoms with Crippen molar-refractivity contribution in [1.29, 1.82) is 0 Å². The molecule has 3 rings (SSSR count). The molecule has 92 valence electrons. The molecule has 5 heteroatoms. The lowest BCUT2D eigenvalue weighted by Crippen LogP contribution is -1.84. The Kier molecular flexibility index (Phi) is 2.33. The van der Waals surface area contributed by atoms with E-state index in [0.29, 0.717) is 5.75 Å². The molecule has 0 aliphatic rings. The molecule has 0 aliphatic carbocycles. The highest BCUT2D eigenvalue weighted by atomic mass is 16.5. The average Bonchev–Trinajstić information content (AvgIpc) is 2.93. The fourth-order valence-electron chi connectivity index (χ4n) is 2.01. The molecule has 0 fully saturated rings. The van der Waals surface area contributed by atoms with Gasteiger partial charge in [0, 0.05) is 24.9 Å². The number of rotatable bonds is 2. The van der Waals surface area contributed by atoms with Crippen molar-refractivity contribution in [2.75, 3.05) is 7.11 Å². The van der Waals surface area contributed by atoms with Gasteiger partial charge in [0.2, 0.25) is 0 Å². The number of hydrogen-bond donors (Lipinski definition) is 0. The molecule has 0 radical (unpaired) electrons. The zero-order chi connectivity index (χ0) is 12.7. The summed E-state index contributed by atoms with van der Waals surface area (Å²) in [5.74, 6) is 1.49. The van der Waals surface area contributed by atoms with Crippen LogP contribution in [0.3, 0.4) is 0 Å². The van der Waals surface area contributed by atoms with E-state index in [9.17, 15) is 0 Å². The van der Waals surface area contributed by atoms with Crippen LogP contribution in [0.5, 0.6) is 5.75 Å². The molecule has 0 aliphatic heterocycles. The minimum Gasteiger partial charge on any atom is -0.495 e. The van der Waals surface area contributed by atoms with Crippen LogP contribution in [0.1, 0.15) is 5.56 Å². The maximum atomic E-state index is 5.84. The lowest BCUT2D eigenvalue weighted by Gasteiger charge is -1.96. The zero-order valence-corrected chi connectivity index (χ0v) is 10.5. The highest BCUT2D eigenvalue weighted by molar-refractivity contribution is 5.84. The molecule has 3 aromatic heterocycles.